The van der Waals surface area contributed by atoms with Gasteiger partial charge in [-0.05, 0) is 12.5 Å². The molecule has 0 saturated carbocycles. The third-order valence-corrected chi connectivity index (χ3v) is 3.42. The van der Waals surface area contributed by atoms with Crippen molar-refractivity contribution in [3.8, 4) is 11.1 Å². The molecule has 7 heteroatoms. The monoisotopic (exact) mass is 298 g/mol. The zero-order valence-electron chi connectivity index (χ0n) is 11.7. The van der Waals surface area contributed by atoms with Crippen LogP contribution in [0.15, 0.2) is 41.8 Å². The standard InChI is InChI=1S/C15H14N4O3/c20-12(21)4-2-6-19-8-11(10-3-1-5-16-7-10)13-14(19)15(22)18-9-17-13/h1,3,5,7-9H,2,4,6H2,(H,20,21)(H,17,18,22). The molecule has 0 aliphatic heterocycles. The minimum absolute atomic E-state index is 0.0556. The number of carboxylic acid groups (broad SMARTS) is 1. The van der Waals surface area contributed by atoms with Crippen molar-refractivity contribution in [2.75, 3.05) is 0 Å². The fourth-order valence-corrected chi connectivity index (χ4v) is 2.45. The van der Waals surface area contributed by atoms with Crippen LogP contribution >= 0.6 is 0 Å². The van der Waals surface area contributed by atoms with Crippen LogP contribution in [-0.2, 0) is 11.3 Å². The van der Waals surface area contributed by atoms with Crippen molar-refractivity contribution in [3.05, 3.63) is 47.4 Å². The molecule has 0 aromatic carbocycles. The highest BCUT2D eigenvalue weighted by molar-refractivity contribution is 5.92. The third-order valence-electron chi connectivity index (χ3n) is 3.42. The van der Waals surface area contributed by atoms with Gasteiger partial charge in [-0.3, -0.25) is 14.6 Å². The van der Waals surface area contributed by atoms with Crippen LogP contribution in [0.25, 0.3) is 22.2 Å². The zero-order chi connectivity index (χ0) is 15.5. The molecule has 3 heterocycles. The maximum atomic E-state index is 12.1. The number of carbonyl (C=O) groups is 1. The van der Waals surface area contributed by atoms with Gasteiger partial charge >= 0.3 is 5.97 Å². The molecular formula is C15H14N4O3. The van der Waals surface area contributed by atoms with E-state index in [1.807, 2.05) is 18.3 Å². The Kier molecular flexibility index (Phi) is 3.69. The molecule has 112 valence electrons. The Morgan fingerprint density at radius 1 is 1.41 bits per heavy atom. The molecule has 0 radical (unpaired) electrons. The van der Waals surface area contributed by atoms with Gasteiger partial charge in [0.25, 0.3) is 5.56 Å². The number of hydrogen-bond donors (Lipinski definition) is 2. The van der Waals surface area contributed by atoms with Gasteiger partial charge in [0.15, 0.2) is 0 Å². The summed E-state index contributed by atoms with van der Waals surface area (Å²) in [6, 6.07) is 3.71. The summed E-state index contributed by atoms with van der Waals surface area (Å²) in [6.07, 6.45) is 7.08. The third kappa shape index (κ3) is 2.60. The van der Waals surface area contributed by atoms with E-state index in [9.17, 15) is 9.59 Å². The Morgan fingerprint density at radius 3 is 3.00 bits per heavy atom. The molecule has 22 heavy (non-hydrogen) atoms. The summed E-state index contributed by atoms with van der Waals surface area (Å²) in [7, 11) is 0. The van der Waals surface area contributed by atoms with Crippen molar-refractivity contribution in [1.29, 1.82) is 0 Å². The van der Waals surface area contributed by atoms with Gasteiger partial charge in [0.2, 0.25) is 0 Å². The van der Waals surface area contributed by atoms with Crippen molar-refractivity contribution in [3.63, 3.8) is 0 Å². The highest BCUT2D eigenvalue weighted by Gasteiger charge is 2.14. The highest BCUT2D eigenvalue weighted by Crippen LogP contribution is 2.26. The number of aromatic amines is 1. The fourth-order valence-electron chi connectivity index (χ4n) is 2.45. The molecule has 3 rings (SSSR count). The van der Waals surface area contributed by atoms with E-state index in [1.54, 1.807) is 17.0 Å². The zero-order valence-corrected chi connectivity index (χ0v) is 11.7. The topological polar surface area (TPSA) is 101 Å². The van der Waals surface area contributed by atoms with Gasteiger partial charge in [-0.15, -0.1) is 0 Å². The molecule has 0 aliphatic rings. The molecule has 0 fully saturated rings. The average molecular weight is 298 g/mol. The quantitative estimate of drug-likeness (QED) is 0.746. The van der Waals surface area contributed by atoms with E-state index in [-0.39, 0.29) is 12.0 Å². The molecule has 3 aromatic heterocycles. The SMILES string of the molecule is O=C(O)CCCn1cc(-c2cccnc2)c2nc[nH]c(=O)c21. The normalized spacial score (nSPS) is 10.9. The van der Waals surface area contributed by atoms with Gasteiger partial charge in [-0.25, -0.2) is 4.98 Å². The van der Waals surface area contributed by atoms with Crippen molar-refractivity contribution < 1.29 is 9.90 Å². The second-order valence-corrected chi connectivity index (χ2v) is 4.90. The average Bonchev–Trinajstić information content (AvgIpc) is 2.88. The van der Waals surface area contributed by atoms with Crippen LogP contribution in [0.4, 0.5) is 0 Å². The minimum Gasteiger partial charge on any atom is -0.481 e. The Hall–Kier alpha value is -2.96. The summed E-state index contributed by atoms with van der Waals surface area (Å²) < 4.78 is 1.76. The second kappa shape index (κ2) is 5.80. The van der Waals surface area contributed by atoms with E-state index < -0.39 is 5.97 Å². The van der Waals surface area contributed by atoms with Crippen LogP contribution in [-0.4, -0.2) is 30.6 Å². The number of nitrogens with one attached hydrogen (secondary N) is 1. The van der Waals surface area contributed by atoms with Gasteiger partial charge in [0.05, 0.1) is 6.33 Å². The molecule has 3 aromatic rings. The van der Waals surface area contributed by atoms with Crippen molar-refractivity contribution >= 4 is 17.0 Å². The lowest BCUT2D eigenvalue weighted by Gasteiger charge is -2.02. The molecular weight excluding hydrogens is 284 g/mol. The number of rotatable bonds is 5. The first kappa shape index (κ1) is 14.0. The van der Waals surface area contributed by atoms with Gasteiger partial charge in [-0.1, -0.05) is 6.07 Å². The Bertz CT molecular complexity index is 867. The predicted molar refractivity (Wildman–Crippen MR) is 80.5 cm³/mol. The Balaban J connectivity index is 2.09. The molecule has 0 unspecified atom stereocenters. The maximum Gasteiger partial charge on any atom is 0.303 e. The fraction of sp³-hybridized carbons (Fsp3) is 0.200. The molecule has 0 bridgehead atoms. The Labute approximate surface area is 125 Å². The number of H-pyrrole nitrogens is 1. The van der Waals surface area contributed by atoms with Crippen LogP contribution in [0.5, 0.6) is 0 Å². The molecule has 2 N–H and O–H groups in total. The number of carboxylic acids is 1. The summed E-state index contributed by atoms with van der Waals surface area (Å²) in [6.45, 7) is 0.442. The molecule has 0 atom stereocenters. The van der Waals surface area contributed by atoms with Crippen molar-refractivity contribution in [2.45, 2.75) is 19.4 Å². The van der Waals surface area contributed by atoms with E-state index >= 15 is 0 Å². The molecule has 0 spiro atoms. The van der Waals surface area contributed by atoms with Crippen LogP contribution < -0.4 is 5.56 Å². The summed E-state index contributed by atoms with van der Waals surface area (Å²) in [5.74, 6) is -0.851. The van der Waals surface area contributed by atoms with Gasteiger partial charge in [0, 0.05) is 42.7 Å². The first-order valence-electron chi connectivity index (χ1n) is 6.85. The Morgan fingerprint density at radius 2 is 2.27 bits per heavy atom. The van der Waals surface area contributed by atoms with Crippen LogP contribution in [0.1, 0.15) is 12.8 Å². The molecule has 0 saturated heterocycles. The van der Waals surface area contributed by atoms with Crippen LogP contribution in [0.2, 0.25) is 0 Å². The van der Waals surface area contributed by atoms with E-state index in [0.29, 0.717) is 24.0 Å². The number of aryl methyl sites for hydroxylation is 1. The first-order chi connectivity index (χ1) is 10.7. The van der Waals surface area contributed by atoms with E-state index in [0.717, 1.165) is 11.1 Å². The number of aliphatic carboxylic acids is 1. The minimum atomic E-state index is -0.851. The van der Waals surface area contributed by atoms with E-state index in [1.165, 1.54) is 6.33 Å². The number of aromatic nitrogens is 4. The summed E-state index contributed by atoms with van der Waals surface area (Å²) in [4.78, 5) is 33.6. The number of pyridine rings is 1. The first-order valence-corrected chi connectivity index (χ1v) is 6.85. The number of fused-ring (bicyclic) bond motifs is 1. The molecule has 7 nitrogen and oxygen atoms in total. The molecule has 0 amide bonds. The lowest BCUT2D eigenvalue weighted by molar-refractivity contribution is -0.137. The van der Waals surface area contributed by atoms with Crippen LogP contribution in [0, 0.1) is 0 Å². The largest absolute Gasteiger partial charge is 0.481 e. The maximum absolute atomic E-state index is 12.1. The highest BCUT2D eigenvalue weighted by atomic mass is 16.4. The predicted octanol–water partition coefficient (Wildman–Crippen LogP) is 1.65. The summed E-state index contributed by atoms with van der Waals surface area (Å²) >= 11 is 0. The summed E-state index contributed by atoms with van der Waals surface area (Å²) in [5, 5.41) is 8.74. The number of hydrogen-bond acceptors (Lipinski definition) is 4. The van der Waals surface area contributed by atoms with Crippen molar-refractivity contribution in [2.24, 2.45) is 0 Å². The van der Waals surface area contributed by atoms with E-state index in [2.05, 4.69) is 15.0 Å². The van der Waals surface area contributed by atoms with Gasteiger partial charge in [-0.2, -0.15) is 0 Å². The molecule has 0 aliphatic carbocycles. The lowest BCUT2D eigenvalue weighted by atomic mass is 10.1. The second-order valence-electron chi connectivity index (χ2n) is 4.90. The van der Waals surface area contributed by atoms with Crippen molar-refractivity contribution in [1.82, 2.24) is 19.5 Å². The number of nitrogens with zero attached hydrogens (tertiary/aromatic N) is 3. The smallest absolute Gasteiger partial charge is 0.303 e. The van der Waals surface area contributed by atoms with Crippen LogP contribution in [0.3, 0.4) is 0 Å². The van der Waals surface area contributed by atoms with E-state index in [4.69, 9.17) is 5.11 Å². The lowest BCUT2D eigenvalue weighted by Crippen LogP contribution is -2.11. The van der Waals surface area contributed by atoms with Gasteiger partial charge in [0.1, 0.15) is 11.0 Å². The summed E-state index contributed by atoms with van der Waals surface area (Å²) in [5.41, 5.74) is 2.47. The van der Waals surface area contributed by atoms with Gasteiger partial charge < -0.3 is 14.7 Å².